The Hall–Kier alpha value is -2.79. The number of hydrogen-bond donors (Lipinski definition) is 5. The van der Waals surface area contributed by atoms with Crippen molar-refractivity contribution in [3.63, 3.8) is 0 Å². The Labute approximate surface area is 331 Å². The molecule has 6 aliphatic rings. The van der Waals surface area contributed by atoms with Crippen LogP contribution in [0.4, 0.5) is 4.79 Å². The number of alkyl carbamates (subject to hydrolysis) is 1. The topological polar surface area (TPSA) is 167 Å². The Morgan fingerprint density at radius 2 is 1.84 bits per heavy atom. The van der Waals surface area contributed by atoms with Crippen molar-refractivity contribution in [1.29, 1.82) is 0 Å². The van der Waals surface area contributed by atoms with Crippen molar-refractivity contribution in [3.8, 4) is 12.3 Å². The number of amides is 4. The molecule has 13 heteroatoms. The van der Waals surface area contributed by atoms with Gasteiger partial charge in [-0.2, -0.15) is 0 Å². The van der Waals surface area contributed by atoms with Gasteiger partial charge in [0.2, 0.25) is 5.91 Å². The number of carbonyl (C=O) groups excluding carboxylic acids is 4. The molecule has 0 spiro atoms. The summed E-state index contributed by atoms with van der Waals surface area (Å²) in [5.74, 6) is 4.54. The average Bonchev–Trinajstić information content (AvgIpc) is 3.52. The van der Waals surface area contributed by atoms with Gasteiger partial charge in [-0.05, 0) is 123 Å². The van der Waals surface area contributed by atoms with Gasteiger partial charge in [0.15, 0.2) is 0 Å². The van der Waals surface area contributed by atoms with Crippen LogP contribution in [0, 0.1) is 58.7 Å². The molecule has 2 heterocycles. The summed E-state index contributed by atoms with van der Waals surface area (Å²) in [6, 6.07) is -0.740. The molecule has 306 valence electrons. The zero-order chi connectivity index (χ0) is 39.7. The third-order valence-corrected chi connectivity index (χ3v) is 16.2. The van der Waals surface area contributed by atoms with Crippen molar-refractivity contribution in [2.75, 3.05) is 25.6 Å². The highest BCUT2D eigenvalue weighted by Gasteiger charge is 2.64. The van der Waals surface area contributed by atoms with Crippen molar-refractivity contribution in [3.05, 3.63) is 11.3 Å². The van der Waals surface area contributed by atoms with E-state index in [0.29, 0.717) is 53.9 Å². The molecule has 0 aromatic carbocycles. The molecule has 4 amide bonds. The Morgan fingerprint density at radius 1 is 1.05 bits per heavy atom. The first-order chi connectivity index (χ1) is 26.2. The fourth-order valence-corrected chi connectivity index (χ4v) is 13.2. The number of rotatable bonds is 14. The number of hydrogen-bond acceptors (Lipinski definition) is 9. The molecule has 0 aromatic rings. The molecule has 5 fully saturated rings. The molecule has 0 radical (unpaired) electrons. The zero-order valence-electron chi connectivity index (χ0n) is 33.4. The summed E-state index contributed by atoms with van der Waals surface area (Å²) in [6.07, 6.45) is 13.3. The lowest BCUT2D eigenvalue weighted by Crippen LogP contribution is -2.71. The van der Waals surface area contributed by atoms with Crippen molar-refractivity contribution in [2.45, 2.75) is 141 Å². The summed E-state index contributed by atoms with van der Waals surface area (Å²) in [5.41, 5.74) is 0.924. The van der Waals surface area contributed by atoms with E-state index in [4.69, 9.17) is 15.9 Å². The molecule has 6 rings (SSSR count). The maximum Gasteiger partial charge on any atom is 0.408 e. The number of β-lactam (4-membered cyclic amide) rings is 1. The number of aliphatic hydroxyl groups is 2. The maximum absolute atomic E-state index is 13.5. The minimum absolute atomic E-state index is 0.00902. The van der Waals surface area contributed by atoms with E-state index in [0.717, 1.165) is 44.9 Å². The fourth-order valence-electron chi connectivity index (χ4n) is 11.9. The van der Waals surface area contributed by atoms with Gasteiger partial charge in [0.25, 0.3) is 11.8 Å². The molecule has 2 aliphatic heterocycles. The molecule has 13 atom stereocenters. The van der Waals surface area contributed by atoms with Crippen molar-refractivity contribution in [1.82, 2.24) is 20.9 Å². The molecule has 55 heavy (non-hydrogen) atoms. The third-order valence-electron chi connectivity index (χ3n) is 14.7. The standard InChI is InChI=1S/C42H64N4O8S/c1-7-9-33(44-40(52)54-20-19-53-18-8-2)43-37(50)36-25(4)23-55-39-35(38(51)46(36)39)45-34(49)15-10-24(3)29-13-14-30-28-12-11-26-21-27(47)16-17-41(26,5)31(28)22-32(48)42(29,30)6/h1,24,26-33,35,39,47-48H,8-23H2,2-6H3,(H,43,50)(H,44,52)(H,45,49). The molecule has 1 saturated heterocycles. The van der Waals surface area contributed by atoms with E-state index in [-0.39, 0.29) is 72.5 Å². The maximum atomic E-state index is 13.5. The highest BCUT2D eigenvalue weighted by molar-refractivity contribution is 8.00. The van der Waals surface area contributed by atoms with Crippen LogP contribution in [-0.4, -0.2) is 94.3 Å². The highest BCUT2D eigenvalue weighted by Crippen LogP contribution is 2.68. The van der Waals surface area contributed by atoms with Crippen LogP contribution in [0.3, 0.4) is 0 Å². The summed E-state index contributed by atoms with van der Waals surface area (Å²) < 4.78 is 10.5. The van der Waals surface area contributed by atoms with E-state index in [1.165, 1.54) is 29.5 Å². The Balaban J connectivity index is 1.00. The van der Waals surface area contributed by atoms with Gasteiger partial charge in [-0.1, -0.05) is 27.7 Å². The monoisotopic (exact) mass is 784 g/mol. The fraction of sp³-hybridized carbons (Fsp3) is 0.810. The zero-order valence-corrected chi connectivity index (χ0v) is 34.3. The average molecular weight is 785 g/mol. The second kappa shape index (κ2) is 17.4. The van der Waals surface area contributed by atoms with Crippen LogP contribution in [-0.2, 0) is 23.9 Å². The van der Waals surface area contributed by atoms with Gasteiger partial charge in [0, 0.05) is 25.2 Å². The summed E-state index contributed by atoms with van der Waals surface area (Å²) in [4.78, 5) is 54.2. The number of carbonyl (C=O) groups is 4. The largest absolute Gasteiger partial charge is 0.447 e. The number of ether oxygens (including phenoxy) is 2. The molecule has 4 aliphatic carbocycles. The normalized spacial score (nSPS) is 37.5. The number of thioether (sulfide) groups is 1. The van der Waals surface area contributed by atoms with E-state index in [1.807, 2.05) is 6.92 Å². The SMILES string of the molecule is C#CCC(NC(=O)OCCOCCC)NC(=O)C1=C(C)CSC2C(NC(=O)CCC(C)C3CCC4C5CCC6CC(O)CCC6(C)C5CC(O)C34C)C(=O)N12. The second-order valence-electron chi connectivity index (χ2n) is 17.8. The first-order valence-electron chi connectivity index (χ1n) is 20.8. The summed E-state index contributed by atoms with van der Waals surface area (Å²) in [7, 11) is 0. The number of nitrogens with one attached hydrogen (secondary N) is 3. The number of aliphatic hydroxyl groups excluding tert-OH is 2. The summed E-state index contributed by atoms with van der Waals surface area (Å²) >= 11 is 1.50. The van der Waals surface area contributed by atoms with Crippen LogP contribution in [0.5, 0.6) is 0 Å². The minimum Gasteiger partial charge on any atom is -0.447 e. The second-order valence-corrected chi connectivity index (χ2v) is 18.9. The smallest absolute Gasteiger partial charge is 0.408 e. The molecule has 5 N–H and O–H groups in total. The van der Waals surface area contributed by atoms with Crippen molar-refractivity contribution in [2.24, 2.45) is 46.3 Å². The molecule has 0 aromatic heterocycles. The molecular weight excluding hydrogens is 721 g/mol. The van der Waals surface area contributed by atoms with Crippen LogP contribution in [0.2, 0.25) is 0 Å². The van der Waals surface area contributed by atoms with Gasteiger partial charge < -0.3 is 35.6 Å². The van der Waals surface area contributed by atoms with Gasteiger partial charge in [-0.25, -0.2) is 4.79 Å². The van der Waals surface area contributed by atoms with Gasteiger partial charge in [-0.15, -0.1) is 24.1 Å². The molecular formula is C42H64N4O8S. The van der Waals surface area contributed by atoms with Crippen LogP contribution in [0.15, 0.2) is 11.3 Å². The lowest BCUT2D eigenvalue weighted by Gasteiger charge is -2.62. The Kier molecular flexibility index (Phi) is 13.2. The molecule has 0 bridgehead atoms. The lowest BCUT2D eigenvalue weighted by atomic mass is 9.43. The van der Waals surface area contributed by atoms with Crippen molar-refractivity contribution >= 4 is 35.6 Å². The minimum atomic E-state index is -0.914. The first-order valence-corrected chi connectivity index (χ1v) is 21.8. The summed E-state index contributed by atoms with van der Waals surface area (Å²) in [6.45, 7) is 11.6. The number of nitrogens with zero attached hydrogens (tertiary/aromatic N) is 1. The Bertz CT molecular complexity index is 1530. The predicted octanol–water partition coefficient (Wildman–Crippen LogP) is 4.69. The van der Waals surface area contributed by atoms with Gasteiger partial charge in [-0.3, -0.25) is 19.3 Å². The van der Waals surface area contributed by atoms with Crippen LogP contribution >= 0.6 is 11.8 Å². The van der Waals surface area contributed by atoms with Crippen LogP contribution in [0.1, 0.15) is 112 Å². The van der Waals surface area contributed by atoms with Gasteiger partial charge >= 0.3 is 6.09 Å². The van der Waals surface area contributed by atoms with Crippen molar-refractivity contribution < 1.29 is 38.9 Å². The van der Waals surface area contributed by atoms with E-state index >= 15 is 0 Å². The van der Waals surface area contributed by atoms with Crippen LogP contribution in [0.25, 0.3) is 0 Å². The summed E-state index contributed by atoms with van der Waals surface area (Å²) in [5, 5.41) is 30.2. The van der Waals surface area contributed by atoms with Gasteiger partial charge in [0.1, 0.15) is 29.9 Å². The quantitative estimate of drug-likeness (QED) is 0.0728. The van der Waals surface area contributed by atoms with E-state index < -0.39 is 29.6 Å². The molecule has 13 unspecified atom stereocenters. The van der Waals surface area contributed by atoms with E-state index in [1.54, 1.807) is 6.92 Å². The lowest BCUT2D eigenvalue weighted by molar-refractivity contribution is -0.175. The van der Waals surface area contributed by atoms with E-state index in [2.05, 4.69) is 42.6 Å². The molecule has 12 nitrogen and oxygen atoms in total. The number of terminal acetylenes is 1. The molecule has 4 saturated carbocycles. The number of fused-ring (bicyclic) bond motifs is 6. The van der Waals surface area contributed by atoms with E-state index in [9.17, 15) is 29.4 Å². The predicted molar refractivity (Wildman–Crippen MR) is 210 cm³/mol. The van der Waals surface area contributed by atoms with Crippen LogP contribution < -0.4 is 16.0 Å². The first kappa shape index (κ1) is 41.8. The Morgan fingerprint density at radius 3 is 2.58 bits per heavy atom. The highest BCUT2D eigenvalue weighted by atomic mass is 32.2. The third kappa shape index (κ3) is 8.17. The van der Waals surface area contributed by atoms with Gasteiger partial charge in [0.05, 0.1) is 18.8 Å².